The minimum Gasteiger partial charge on any atom is -0.368 e. The lowest BCUT2D eigenvalue weighted by Crippen LogP contribution is -2.46. The molecular weight excluding hydrogens is 176 g/mol. The number of primary amides is 1. The van der Waals surface area contributed by atoms with Crippen molar-refractivity contribution in [3.05, 3.63) is 0 Å². The Balaban J connectivity index is 1.81. The summed E-state index contributed by atoms with van der Waals surface area (Å²) >= 11 is 0. The lowest BCUT2D eigenvalue weighted by molar-refractivity contribution is -0.121. The first kappa shape index (κ1) is 9.97. The number of nitrogens with one attached hydrogen (secondary N) is 1. The molecule has 1 atom stereocenters. The average Bonchev–Trinajstić information content (AvgIpc) is 2.80. The summed E-state index contributed by atoms with van der Waals surface area (Å²) in [6.07, 6.45) is 7.52. The smallest absolute Gasteiger partial charge is 0.234 e. The van der Waals surface area contributed by atoms with Crippen molar-refractivity contribution in [2.75, 3.05) is 6.54 Å². The number of carbonyl (C=O) groups excluding carboxylic acids is 1. The van der Waals surface area contributed by atoms with Crippen LogP contribution >= 0.6 is 0 Å². The summed E-state index contributed by atoms with van der Waals surface area (Å²) in [6, 6.07) is -0.0573. The van der Waals surface area contributed by atoms with Crippen LogP contribution in [0, 0.1) is 11.8 Å². The van der Waals surface area contributed by atoms with Crippen LogP contribution in [0.1, 0.15) is 38.5 Å². The highest BCUT2D eigenvalue weighted by Gasteiger charge is 2.30. The summed E-state index contributed by atoms with van der Waals surface area (Å²) in [4.78, 5) is 11.3. The third kappa shape index (κ3) is 2.47. The standard InChI is InChI=1S/C11H20N2O/c12-11(14)10(9-3-1-2-4-9)13-7-8-5-6-8/h8-10,13H,1-7H2,(H2,12,14). The van der Waals surface area contributed by atoms with Crippen LogP contribution in [0.4, 0.5) is 0 Å². The van der Waals surface area contributed by atoms with Crippen LogP contribution in [0.15, 0.2) is 0 Å². The molecule has 0 aromatic heterocycles. The number of rotatable bonds is 5. The van der Waals surface area contributed by atoms with Gasteiger partial charge in [-0.25, -0.2) is 0 Å². The van der Waals surface area contributed by atoms with E-state index in [1.807, 2.05) is 0 Å². The second-order valence-electron chi connectivity index (χ2n) is 4.78. The summed E-state index contributed by atoms with van der Waals surface area (Å²) in [6.45, 7) is 0.990. The van der Waals surface area contributed by atoms with Crippen LogP contribution in [0.2, 0.25) is 0 Å². The van der Waals surface area contributed by atoms with Gasteiger partial charge >= 0.3 is 0 Å². The van der Waals surface area contributed by atoms with Crippen molar-refractivity contribution in [2.24, 2.45) is 17.6 Å². The largest absolute Gasteiger partial charge is 0.368 e. The van der Waals surface area contributed by atoms with Crippen molar-refractivity contribution in [1.82, 2.24) is 5.32 Å². The van der Waals surface area contributed by atoms with Gasteiger partial charge in [-0.2, -0.15) is 0 Å². The molecule has 80 valence electrons. The molecule has 0 aromatic carbocycles. The van der Waals surface area contributed by atoms with Crippen LogP contribution in [-0.2, 0) is 4.79 Å². The van der Waals surface area contributed by atoms with E-state index in [1.54, 1.807) is 0 Å². The van der Waals surface area contributed by atoms with E-state index in [2.05, 4.69) is 5.32 Å². The van der Waals surface area contributed by atoms with Gasteiger partial charge < -0.3 is 11.1 Å². The Kier molecular flexibility index (Phi) is 3.06. The number of carbonyl (C=O) groups is 1. The molecule has 2 rings (SSSR count). The highest BCUT2D eigenvalue weighted by Crippen LogP contribution is 2.30. The van der Waals surface area contributed by atoms with E-state index in [-0.39, 0.29) is 11.9 Å². The average molecular weight is 196 g/mol. The fourth-order valence-corrected chi connectivity index (χ4v) is 2.41. The Bertz CT molecular complexity index is 207. The summed E-state index contributed by atoms with van der Waals surface area (Å²) in [5.41, 5.74) is 5.42. The zero-order valence-electron chi connectivity index (χ0n) is 8.67. The number of amides is 1. The number of hydrogen-bond donors (Lipinski definition) is 2. The van der Waals surface area contributed by atoms with Crippen molar-refractivity contribution < 1.29 is 4.79 Å². The fourth-order valence-electron chi connectivity index (χ4n) is 2.41. The zero-order valence-corrected chi connectivity index (χ0v) is 8.67. The van der Waals surface area contributed by atoms with Gasteiger partial charge in [-0.3, -0.25) is 4.79 Å². The van der Waals surface area contributed by atoms with E-state index in [9.17, 15) is 4.79 Å². The summed E-state index contributed by atoms with van der Waals surface area (Å²) in [5, 5.41) is 3.35. The van der Waals surface area contributed by atoms with Gasteiger partial charge in [0.15, 0.2) is 0 Å². The first-order valence-corrected chi connectivity index (χ1v) is 5.80. The fraction of sp³-hybridized carbons (Fsp3) is 0.909. The Morgan fingerprint density at radius 1 is 1.29 bits per heavy atom. The van der Waals surface area contributed by atoms with Gasteiger partial charge in [0.1, 0.15) is 0 Å². The molecule has 0 heterocycles. The van der Waals surface area contributed by atoms with Crippen LogP contribution in [0.3, 0.4) is 0 Å². The zero-order chi connectivity index (χ0) is 9.97. The van der Waals surface area contributed by atoms with Crippen molar-refractivity contribution in [3.8, 4) is 0 Å². The van der Waals surface area contributed by atoms with E-state index in [1.165, 1.54) is 38.5 Å². The monoisotopic (exact) mass is 196 g/mol. The molecule has 2 fully saturated rings. The minimum atomic E-state index is -0.155. The van der Waals surface area contributed by atoms with Gasteiger partial charge in [-0.05, 0) is 44.1 Å². The van der Waals surface area contributed by atoms with Gasteiger partial charge in [0.05, 0.1) is 6.04 Å². The molecule has 1 unspecified atom stereocenters. The summed E-state index contributed by atoms with van der Waals surface area (Å²) in [7, 11) is 0. The maximum absolute atomic E-state index is 11.3. The number of hydrogen-bond acceptors (Lipinski definition) is 2. The van der Waals surface area contributed by atoms with Crippen LogP contribution in [0.25, 0.3) is 0 Å². The lowest BCUT2D eigenvalue weighted by atomic mass is 9.97. The molecular formula is C11H20N2O. The molecule has 0 aromatic rings. The minimum absolute atomic E-state index is 0.0573. The molecule has 0 bridgehead atoms. The van der Waals surface area contributed by atoms with Crippen LogP contribution < -0.4 is 11.1 Å². The highest BCUT2D eigenvalue weighted by molar-refractivity contribution is 5.80. The quantitative estimate of drug-likeness (QED) is 0.690. The second kappa shape index (κ2) is 4.30. The van der Waals surface area contributed by atoms with E-state index in [0.717, 1.165) is 12.5 Å². The molecule has 2 aliphatic rings. The normalized spacial score (nSPS) is 25.1. The van der Waals surface area contributed by atoms with E-state index < -0.39 is 0 Å². The molecule has 0 saturated heterocycles. The molecule has 3 heteroatoms. The van der Waals surface area contributed by atoms with Crippen LogP contribution in [0.5, 0.6) is 0 Å². The van der Waals surface area contributed by atoms with Crippen LogP contribution in [-0.4, -0.2) is 18.5 Å². The van der Waals surface area contributed by atoms with Gasteiger partial charge in [0.25, 0.3) is 0 Å². The van der Waals surface area contributed by atoms with Crippen molar-refractivity contribution in [1.29, 1.82) is 0 Å². The molecule has 3 nitrogen and oxygen atoms in total. The van der Waals surface area contributed by atoms with Gasteiger partial charge in [-0.15, -0.1) is 0 Å². The van der Waals surface area contributed by atoms with Gasteiger partial charge in [0.2, 0.25) is 5.91 Å². The Labute approximate surface area is 85.4 Å². The summed E-state index contributed by atoms with van der Waals surface area (Å²) < 4.78 is 0. The molecule has 0 aliphatic heterocycles. The molecule has 2 aliphatic carbocycles. The second-order valence-corrected chi connectivity index (χ2v) is 4.78. The third-order valence-electron chi connectivity index (χ3n) is 3.50. The maximum atomic E-state index is 11.3. The Morgan fingerprint density at radius 2 is 1.93 bits per heavy atom. The van der Waals surface area contributed by atoms with Crippen molar-refractivity contribution in [2.45, 2.75) is 44.6 Å². The van der Waals surface area contributed by atoms with E-state index >= 15 is 0 Å². The third-order valence-corrected chi connectivity index (χ3v) is 3.50. The first-order chi connectivity index (χ1) is 6.77. The highest BCUT2D eigenvalue weighted by atomic mass is 16.1. The number of nitrogens with two attached hydrogens (primary N) is 1. The molecule has 1 amide bonds. The topological polar surface area (TPSA) is 55.1 Å². The van der Waals surface area contributed by atoms with Crippen molar-refractivity contribution in [3.63, 3.8) is 0 Å². The molecule has 2 saturated carbocycles. The SMILES string of the molecule is NC(=O)C(NCC1CC1)C1CCCC1. The van der Waals surface area contributed by atoms with Crippen molar-refractivity contribution >= 4 is 5.91 Å². The maximum Gasteiger partial charge on any atom is 0.234 e. The predicted octanol–water partition coefficient (Wildman–Crippen LogP) is 1.03. The predicted molar refractivity (Wildman–Crippen MR) is 55.7 cm³/mol. The molecule has 0 spiro atoms. The molecule has 0 radical (unpaired) electrons. The first-order valence-electron chi connectivity index (χ1n) is 5.80. The lowest BCUT2D eigenvalue weighted by Gasteiger charge is -2.21. The van der Waals surface area contributed by atoms with E-state index in [4.69, 9.17) is 5.73 Å². The molecule has 3 N–H and O–H groups in total. The van der Waals surface area contributed by atoms with Gasteiger partial charge in [0, 0.05) is 0 Å². The summed E-state index contributed by atoms with van der Waals surface area (Å²) in [5.74, 6) is 1.17. The van der Waals surface area contributed by atoms with Gasteiger partial charge in [-0.1, -0.05) is 12.8 Å². The Hall–Kier alpha value is -0.570. The Morgan fingerprint density at radius 3 is 2.43 bits per heavy atom. The molecule has 14 heavy (non-hydrogen) atoms. The van der Waals surface area contributed by atoms with E-state index in [0.29, 0.717) is 5.92 Å².